The molecule has 1 aliphatic heterocycles. The molecule has 0 atom stereocenters. The smallest absolute Gasteiger partial charge is 0.224 e. The van der Waals surface area contributed by atoms with Crippen LogP contribution in [0.3, 0.4) is 0 Å². The summed E-state index contributed by atoms with van der Waals surface area (Å²) in [6, 6.07) is 16.7. The second kappa shape index (κ2) is 9.09. The Morgan fingerprint density at radius 2 is 1.94 bits per heavy atom. The minimum atomic E-state index is 0.0384. The molecule has 1 amide bonds. The Bertz CT molecular complexity index is 1070. The fourth-order valence-electron chi connectivity index (χ4n) is 5.17. The Hall–Kier alpha value is -2.88. The summed E-state index contributed by atoms with van der Waals surface area (Å²) in [7, 11) is 0. The van der Waals surface area contributed by atoms with Gasteiger partial charge < -0.3 is 10.2 Å². The number of nitrogens with one attached hydrogen (secondary N) is 1. The largest absolute Gasteiger partial charge is 0.371 e. The Morgan fingerprint density at radius 3 is 2.84 bits per heavy atom. The van der Waals surface area contributed by atoms with Gasteiger partial charge in [0.05, 0.1) is 17.4 Å². The van der Waals surface area contributed by atoms with E-state index in [2.05, 4.69) is 33.4 Å². The number of amides is 1. The zero-order valence-electron chi connectivity index (χ0n) is 18.1. The van der Waals surface area contributed by atoms with Crippen molar-refractivity contribution in [2.24, 2.45) is 5.92 Å². The van der Waals surface area contributed by atoms with Gasteiger partial charge in [0.15, 0.2) is 0 Å². The number of hydrogen-bond acceptors (Lipinski definition) is 3. The molecule has 0 bridgehead atoms. The number of fused-ring (bicyclic) bond motifs is 2. The first-order chi connectivity index (χ1) is 15.2. The van der Waals surface area contributed by atoms with Crippen LogP contribution in [0, 0.1) is 5.92 Å². The van der Waals surface area contributed by atoms with E-state index in [0.717, 1.165) is 41.9 Å². The van der Waals surface area contributed by atoms with E-state index in [1.54, 1.807) is 6.20 Å². The minimum absolute atomic E-state index is 0.0384. The third-order valence-electron chi connectivity index (χ3n) is 6.85. The van der Waals surface area contributed by atoms with E-state index in [1.807, 2.05) is 30.3 Å². The van der Waals surface area contributed by atoms with Crippen LogP contribution < -0.4 is 10.2 Å². The summed E-state index contributed by atoms with van der Waals surface area (Å²) in [5.41, 5.74) is 5.82. The number of anilines is 2. The zero-order valence-corrected chi connectivity index (χ0v) is 18.1. The van der Waals surface area contributed by atoms with E-state index in [4.69, 9.17) is 0 Å². The lowest BCUT2D eigenvalue weighted by Gasteiger charge is -2.28. The van der Waals surface area contributed by atoms with Gasteiger partial charge >= 0.3 is 0 Å². The van der Waals surface area contributed by atoms with Crippen LogP contribution in [0.25, 0.3) is 10.9 Å². The van der Waals surface area contributed by atoms with E-state index >= 15 is 0 Å². The van der Waals surface area contributed by atoms with Crippen LogP contribution in [0.15, 0.2) is 54.7 Å². The summed E-state index contributed by atoms with van der Waals surface area (Å²) in [5, 5.41) is 4.04. The molecule has 31 heavy (non-hydrogen) atoms. The number of carbonyl (C=O) groups excluding carboxylic acids is 1. The Labute approximate surface area is 184 Å². The predicted molar refractivity (Wildman–Crippen MR) is 128 cm³/mol. The average molecular weight is 414 g/mol. The second-order valence-corrected chi connectivity index (χ2v) is 9.13. The van der Waals surface area contributed by atoms with Crippen molar-refractivity contribution >= 4 is 28.2 Å². The Balaban J connectivity index is 1.16. The highest BCUT2D eigenvalue weighted by Gasteiger charge is 2.23. The van der Waals surface area contributed by atoms with Crippen molar-refractivity contribution in [3.8, 4) is 0 Å². The number of carbonyl (C=O) groups is 1. The minimum Gasteiger partial charge on any atom is -0.371 e. The molecule has 2 aliphatic rings. The monoisotopic (exact) mass is 413 g/mol. The van der Waals surface area contributed by atoms with Crippen molar-refractivity contribution < 1.29 is 4.79 Å². The molecule has 1 N–H and O–H groups in total. The number of benzene rings is 2. The summed E-state index contributed by atoms with van der Waals surface area (Å²) in [6.07, 6.45) is 11.1. The molecular formula is C27H31N3O. The van der Waals surface area contributed by atoms with Crippen LogP contribution in [0.2, 0.25) is 0 Å². The molecule has 0 unspecified atom stereocenters. The molecule has 1 aromatic heterocycles. The van der Waals surface area contributed by atoms with Gasteiger partial charge in [0.2, 0.25) is 5.91 Å². The maximum Gasteiger partial charge on any atom is 0.224 e. The molecule has 3 aromatic rings. The van der Waals surface area contributed by atoms with Crippen molar-refractivity contribution in [2.75, 3.05) is 23.3 Å². The Morgan fingerprint density at radius 1 is 1.06 bits per heavy atom. The maximum absolute atomic E-state index is 12.5. The number of pyridine rings is 1. The van der Waals surface area contributed by atoms with E-state index < -0.39 is 0 Å². The van der Waals surface area contributed by atoms with Crippen molar-refractivity contribution in [3.05, 3.63) is 65.9 Å². The highest BCUT2D eigenvalue weighted by atomic mass is 16.1. The molecule has 0 radical (unpaired) electrons. The fraction of sp³-hybridized carbons (Fsp3) is 0.407. The third kappa shape index (κ3) is 4.73. The van der Waals surface area contributed by atoms with Crippen LogP contribution in [0.1, 0.15) is 49.7 Å². The van der Waals surface area contributed by atoms with Gasteiger partial charge in [-0.2, -0.15) is 0 Å². The predicted octanol–water partition coefficient (Wildman–Crippen LogP) is 5.75. The van der Waals surface area contributed by atoms with Crippen LogP contribution >= 0.6 is 0 Å². The molecule has 4 heteroatoms. The molecule has 1 aliphatic carbocycles. The topological polar surface area (TPSA) is 45.2 Å². The van der Waals surface area contributed by atoms with Crippen LogP contribution in [-0.2, 0) is 17.6 Å². The first-order valence-corrected chi connectivity index (χ1v) is 11.8. The fourth-order valence-corrected chi connectivity index (χ4v) is 5.17. The molecule has 160 valence electrons. The van der Waals surface area contributed by atoms with Gasteiger partial charge in [0, 0.05) is 30.6 Å². The number of rotatable bonds is 6. The van der Waals surface area contributed by atoms with E-state index in [9.17, 15) is 4.79 Å². The summed E-state index contributed by atoms with van der Waals surface area (Å²) < 4.78 is 0. The summed E-state index contributed by atoms with van der Waals surface area (Å²) in [4.78, 5) is 19.5. The first-order valence-electron chi connectivity index (χ1n) is 11.8. The molecular weight excluding hydrogens is 382 g/mol. The standard InChI is InChI=1S/C27H31N3O/c31-27(29-24-17-22-8-4-5-9-25(22)28-18-24)13-11-20-10-12-26-23(16-20)14-15-30(26)19-21-6-2-1-3-7-21/h4-5,8-10,12,16-18,21H,1-3,6-7,11,13-15,19H2,(H,29,31). The molecule has 4 nitrogen and oxygen atoms in total. The van der Waals surface area contributed by atoms with Crippen LogP contribution in [0.4, 0.5) is 11.4 Å². The Kier molecular flexibility index (Phi) is 5.88. The summed E-state index contributed by atoms with van der Waals surface area (Å²) in [6.45, 7) is 2.36. The van der Waals surface area contributed by atoms with Gasteiger partial charge in [-0.3, -0.25) is 9.78 Å². The molecule has 1 saturated carbocycles. The highest BCUT2D eigenvalue weighted by molar-refractivity contribution is 5.93. The summed E-state index contributed by atoms with van der Waals surface area (Å²) >= 11 is 0. The molecule has 2 heterocycles. The number of aromatic nitrogens is 1. The second-order valence-electron chi connectivity index (χ2n) is 9.13. The van der Waals surface area contributed by atoms with Crippen molar-refractivity contribution in [3.63, 3.8) is 0 Å². The van der Waals surface area contributed by atoms with Gasteiger partial charge in [-0.05, 0) is 60.9 Å². The first kappa shape index (κ1) is 20.0. The molecule has 5 rings (SSSR count). The summed E-state index contributed by atoms with van der Waals surface area (Å²) in [5.74, 6) is 0.907. The van der Waals surface area contributed by atoms with Gasteiger partial charge in [-0.1, -0.05) is 49.6 Å². The van der Waals surface area contributed by atoms with E-state index in [-0.39, 0.29) is 5.91 Å². The zero-order chi connectivity index (χ0) is 21.0. The molecule has 0 saturated heterocycles. The number of hydrogen-bond donors (Lipinski definition) is 1. The highest BCUT2D eigenvalue weighted by Crippen LogP contribution is 2.32. The van der Waals surface area contributed by atoms with Crippen molar-refractivity contribution in [1.29, 1.82) is 0 Å². The number of para-hydroxylation sites is 1. The lowest BCUT2D eigenvalue weighted by atomic mass is 9.89. The average Bonchev–Trinajstić information content (AvgIpc) is 3.20. The lowest BCUT2D eigenvalue weighted by molar-refractivity contribution is -0.116. The van der Waals surface area contributed by atoms with Crippen LogP contribution in [-0.4, -0.2) is 24.0 Å². The van der Waals surface area contributed by atoms with Gasteiger partial charge in [0.1, 0.15) is 0 Å². The van der Waals surface area contributed by atoms with Crippen molar-refractivity contribution in [2.45, 2.75) is 51.4 Å². The van der Waals surface area contributed by atoms with Gasteiger partial charge in [-0.15, -0.1) is 0 Å². The van der Waals surface area contributed by atoms with Gasteiger partial charge in [0.25, 0.3) is 0 Å². The maximum atomic E-state index is 12.5. The normalized spacial score (nSPS) is 16.5. The SMILES string of the molecule is O=C(CCc1ccc2c(c1)CCN2CC1CCCCC1)Nc1cnc2ccccc2c1. The third-order valence-corrected chi connectivity index (χ3v) is 6.85. The number of aryl methyl sites for hydroxylation is 1. The van der Waals surface area contributed by atoms with Gasteiger partial charge in [-0.25, -0.2) is 0 Å². The number of nitrogens with zero attached hydrogens (tertiary/aromatic N) is 2. The molecule has 0 spiro atoms. The van der Waals surface area contributed by atoms with Crippen molar-refractivity contribution in [1.82, 2.24) is 4.98 Å². The van der Waals surface area contributed by atoms with Crippen LogP contribution in [0.5, 0.6) is 0 Å². The molecule has 2 aromatic carbocycles. The van der Waals surface area contributed by atoms with E-state index in [1.165, 1.54) is 55.5 Å². The quantitative estimate of drug-likeness (QED) is 0.560. The lowest BCUT2D eigenvalue weighted by Crippen LogP contribution is -2.28. The van der Waals surface area contributed by atoms with E-state index in [0.29, 0.717) is 6.42 Å². The molecule has 1 fully saturated rings.